The first-order valence-corrected chi connectivity index (χ1v) is 9.48. The molecule has 1 aromatic carbocycles. The topological polar surface area (TPSA) is 59.8 Å². The van der Waals surface area contributed by atoms with Gasteiger partial charge in [-0.2, -0.15) is 5.10 Å². The number of hydrogen-bond acceptors (Lipinski definition) is 4. The van der Waals surface area contributed by atoms with Gasteiger partial charge in [-0.05, 0) is 45.0 Å². The number of thioether (sulfide) groups is 1. The Balaban J connectivity index is 1.72. The quantitative estimate of drug-likeness (QED) is 0.652. The van der Waals surface area contributed by atoms with Gasteiger partial charge in [0.05, 0.1) is 33.5 Å². The molecule has 0 bridgehead atoms. The van der Waals surface area contributed by atoms with Crippen LogP contribution in [0.2, 0.25) is 5.02 Å². The van der Waals surface area contributed by atoms with Gasteiger partial charge in [-0.3, -0.25) is 4.79 Å². The molecule has 0 aliphatic rings. The summed E-state index contributed by atoms with van der Waals surface area (Å²) in [6.45, 7) is 5.87. The van der Waals surface area contributed by atoms with E-state index in [-0.39, 0.29) is 11.7 Å². The van der Waals surface area contributed by atoms with Crippen molar-refractivity contribution in [2.24, 2.45) is 0 Å². The third-order valence-electron chi connectivity index (χ3n) is 3.90. The predicted molar refractivity (Wildman–Crippen MR) is 106 cm³/mol. The lowest BCUT2D eigenvalue weighted by Gasteiger charge is -2.08. The summed E-state index contributed by atoms with van der Waals surface area (Å²) in [5.74, 6) is 0.108. The Morgan fingerprint density at radius 2 is 1.92 bits per heavy atom. The summed E-state index contributed by atoms with van der Waals surface area (Å²) in [7, 11) is 0. The fourth-order valence-electron chi connectivity index (χ4n) is 2.55. The number of nitrogens with zero attached hydrogens (tertiary/aromatic N) is 3. The van der Waals surface area contributed by atoms with Crippen LogP contribution in [0.4, 0.5) is 5.69 Å². The van der Waals surface area contributed by atoms with Gasteiger partial charge in [0.2, 0.25) is 5.91 Å². The molecule has 0 fully saturated rings. The molecule has 0 aliphatic heterocycles. The first-order valence-electron chi connectivity index (χ1n) is 8.12. The maximum absolute atomic E-state index is 12.4. The molecule has 1 amide bonds. The number of amides is 1. The zero-order chi connectivity index (χ0) is 18.7. The average molecular weight is 387 g/mol. The molecular formula is C19H19ClN4OS. The van der Waals surface area contributed by atoms with Crippen LogP contribution < -0.4 is 5.32 Å². The van der Waals surface area contributed by atoms with Crippen molar-refractivity contribution in [1.82, 2.24) is 14.8 Å². The lowest BCUT2D eigenvalue weighted by molar-refractivity contribution is -0.113. The third kappa shape index (κ3) is 4.08. The van der Waals surface area contributed by atoms with Crippen molar-refractivity contribution in [3.63, 3.8) is 0 Å². The highest BCUT2D eigenvalue weighted by molar-refractivity contribution is 8.00. The minimum atomic E-state index is -0.119. The van der Waals surface area contributed by atoms with E-state index >= 15 is 0 Å². The van der Waals surface area contributed by atoms with E-state index in [0.717, 1.165) is 22.8 Å². The van der Waals surface area contributed by atoms with Gasteiger partial charge in [0, 0.05) is 6.20 Å². The number of pyridine rings is 1. The Morgan fingerprint density at radius 1 is 1.19 bits per heavy atom. The molecule has 0 aliphatic carbocycles. The smallest absolute Gasteiger partial charge is 0.234 e. The largest absolute Gasteiger partial charge is 0.322 e. The van der Waals surface area contributed by atoms with Crippen molar-refractivity contribution in [1.29, 1.82) is 0 Å². The molecule has 3 aromatic rings. The molecule has 5 nitrogen and oxygen atoms in total. The third-order valence-corrected chi connectivity index (χ3v) is 5.32. The second kappa shape index (κ2) is 7.93. The van der Waals surface area contributed by atoms with E-state index in [1.165, 1.54) is 17.3 Å². The van der Waals surface area contributed by atoms with Crippen LogP contribution >= 0.6 is 23.4 Å². The fourth-order valence-corrected chi connectivity index (χ4v) is 3.51. The fraction of sp³-hybridized carbons (Fsp3) is 0.211. The van der Waals surface area contributed by atoms with E-state index in [2.05, 4.69) is 15.4 Å². The average Bonchev–Trinajstić information content (AvgIpc) is 2.90. The molecule has 0 radical (unpaired) electrons. The zero-order valence-electron chi connectivity index (χ0n) is 14.8. The van der Waals surface area contributed by atoms with E-state index in [1.54, 1.807) is 18.3 Å². The summed E-state index contributed by atoms with van der Waals surface area (Å²) >= 11 is 7.38. The molecule has 7 heteroatoms. The number of aromatic nitrogens is 3. The predicted octanol–water partition coefficient (Wildman–Crippen LogP) is 4.58. The highest BCUT2D eigenvalue weighted by atomic mass is 35.5. The van der Waals surface area contributed by atoms with Crippen LogP contribution in [0, 0.1) is 20.8 Å². The first kappa shape index (κ1) is 18.5. The Hall–Kier alpha value is -2.31. The van der Waals surface area contributed by atoms with Crippen molar-refractivity contribution in [3.05, 3.63) is 64.6 Å². The molecule has 0 unspecified atom stereocenters. The summed E-state index contributed by atoms with van der Waals surface area (Å²) in [6, 6.07) is 11.6. The van der Waals surface area contributed by atoms with Gasteiger partial charge >= 0.3 is 0 Å². The van der Waals surface area contributed by atoms with Gasteiger partial charge in [0.25, 0.3) is 0 Å². The van der Waals surface area contributed by atoms with E-state index in [4.69, 9.17) is 11.6 Å². The molecule has 0 atom stereocenters. The van der Waals surface area contributed by atoms with Crippen LogP contribution in [0.15, 0.2) is 47.6 Å². The van der Waals surface area contributed by atoms with Crippen molar-refractivity contribution in [3.8, 4) is 5.69 Å². The monoisotopic (exact) mass is 386 g/mol. The number of benzene rings is 1. The van der Waals surface area contributed by atoms with Gasteiger partial charge in [-0.1, -0.05) is 41.1 Å². The van der Waals surface area contributed by atoms with Gasteiger partial charge in [-0.25, -0.2) is 9.67 Å². The molecule has 0 saturated heterocycles. The second-order valence-electron chi connectivity index (χ2n) is 5.92. The number of halogens is 1. The van der Waals surface area contributed by atoms with Gasteiger partial charge < -0.3 is 5.32 Å². The van der Waals surface area contributed by atoms with Crippen LogP contribution in [-0.4, -0.2) is 26.4 Å². The SMILES string of the molecule is Cc1ccc(-n2nc(C)c(NC(=O)CSc3ncccc3Cl)c2C)cc1. The number of anilines is 1. The number of hydrogen-bond donors (Lipinski definition) is 1. The van der Waals surface area contributed by atoms with Gasteiger partial charge in [0.1, 0.15) is 5.03 Å². The molecular weight excluding hydrogens is 368 g/mol. The minimum absolute atomic E-state index is 0.119. The Morgan fingerprint density at radius 3 is 2.62 bits per heavy atom. The normalized spacial score (nSPS) is 10.8. The van der Waals surface area contributed by atoms with E-state index in [0.29, 0.717) is 10.0 Å². The van der Waals surface area contributed by atoms with Crippen molar-refractivity contribution < 1.29 is 4.79 Å². The van der Waals surface area contributed by atoms with Crippen LogP contribution in [0.3, 0.4) is 0 Å². The molecule has 0 spiro atoms. The van der Waals surface area contributed by atoms with E-state index < -0.39 is 0 Å². The highest BCUT2D eigenvalue weighted by Gasteiger charge is 2.16. The van der Waals surface area contributed by atoms with E-state index in [9.17, 15) is 4.79 Å². The lowest BCUT2D eigenvalue weighted by atomic mass is 10.2. The Labute approximate surface area is 161 Å². The summed E-state index contributed by atoms with van der Waals surface area (Å²) in [4.78, 5) is 16.5. The molecule has 2 aromatic heterocycles. The van der Waals surface area contributed by atoms with Crippen LogP contribution in [0.5, 0.6) is 0 Å². The first-order chi connectivity index (χ1) is 12.5. The summed E-state index contributed by atoms with van der Waals surface area (Å²) in [6.07, 6.45) is 1.66. The minimum Gasteiger partial charge on any atom is -0.322 e. The van der Waals surface area contributed by atoms with Crippen LogP contribution in [0.25, 0.3) is 5.69 Å². The van der Waals surface area contributed by atoms with Gasteiger partial charge in [-0.15, -0.1) is 0 Å². The van der Waals surface area contributed by atoms with Crippen molar-refractivity contribution in [2.75, 3.05) is 11.1 Å². The standard InChI is InChI=1S/C19H19ClN4OS/c1-12-6-8-15(9-7-12)24-14(3)18(13(2)23-24)22-17(25)11-26-19-16(20)5-4-10-21-19/h4-10H,11H2,1-3H3,(H,22,25). The number of aryl methyl sites for hydroxylation is 2. The number of rotatable bonds is 5. The van der Waals surface area contributed by atoms with Gasteiger partial charge in [0.15, 0.2) is 0 Å². The lowest BCUT2D eigenvalue weighted by Crippen LogP contribution is -2.15. The second-order valence-corrected chi connectivity index (χ2v) is 7.29. The molecule has 1 N–H and O–H groups in total. The molecule has 2 heterocycles. The molecule has 26 heavy (non-hydrogen) atoms. The number of nitrogens with one attached hydrogen (secondary N) is 1. The molecule has 134 valence electrons. The molecule has 0 saturated carbocycles. The number of carbonyl (C=O) groups excluding carboxylic acids is 1. The maximum atomic E-state index is 12.4. The summed E-state index contributed by atoms with van der Waals surface area (Å²) < 4.78 is 1.84. The van der Waals surface area contributed by atoms with E-state index in [1.807, 2.05) is 49.7 Å². The zero-order valence-corrected chi connectivity index (χ0v) is 16.4. The highest BCUT2D eigenvalue weighted by Crippen LogP contribution is 2.26. The Kier molecular flexibility index (Phi) is 5.64. The van der Waals surface area contributed by atoms with Crippen molar-refractivity contribution in [2.45, 2.75) is 25.8 Å². The number of carbonyl (C=O) groups is 1. The molecule has 3 rings (SSSR count). The summed E-state index contributed by atoms with van der Waals surface area (Å²) in [5, 5.41) is 8.71. The maximum Gasteiger partial charge on any atom is 0.234 e. The van der Waals surface area contributed by atoms with Crippen LogP contribution in [0.1, 0.15) is 17.0 Å². The van der Waals surface area contributed by atoms with Crippen LogP contribution in [-0.2, 0) is 4.79 Å². The summed E-state index contributed by atoms with van der Waals surface area (Å²) in [5.41, 5.74) is 4.56. The van der Waals surface area contributed by atoms with Crippen molar-refractivity contribution >= 4 is 35.0 Å². The Bertz CT molecular complexity index is 937.